The van der Waals surface area contributed by atoms with Gasteiger partial charge in [0.15, 0.2) is 9.84 Å². The summed E-state index contributed by atoms with van der Waals surface area (Å²) in [5, 5.41) is 0.833. The average molecular weight is 415 g/mol. The van der Waals surface area contributed by atoms with Gasteiger partial charge in [0.2, 0.25) is 0 Å². The molecule has 2 saturated heterocycles. The van der Waals surface area contributed by atoms with E-state index < -0.39 is 9.84 Å². The smallest absolute Gasteiger partial charge is 0.254 e. The molecule has 3 heterocycles. The molecule has 0 bridgehead atoms. The lowest BCUT2D eigenvalue weighted by molar-refractivity contribution is 0.0442. The minimum absolute atomic E-state index is 0.0155. The Hall–Kier alpha value is -1.99. The van der Waals surface area contributed by atoms with Crippen LogP contribution in [0.5, 0.6) is 0 Å². The first-order valence-corrected chi connectivity index (χ1v) is 12.3. The molecule has 154 valence electrons. The lowest BCUT2D eigenvalue weighted by Gasteiger charge is -2.31. The minimum Gasteiger partial charge on any atom is -0.376 e. The van der Waals surface area contributed by atoms with E-state index >= 15 is 0 Å². The number of benzene rings is 1. The van der Waals surface area contributed by atoms with Crippen LogP contribution in [-0.4, -0.2) is 61.0 Å². The molecule has 29 heavy (non-hydrogen) atoms. The van der Waals surface area contributed by atoms with Crippen LogP contribution in [0.3, 0.4) is 0 Å². The zero-order valence-electron chi connectivity index (χ0n) is 16.4. The summed E-state index contributed by atoms with van der Waals surface area (Å²) in [6.07, 6.45) is 4.60. The van der Waals surface area contributed by atoms with Crippen molar-refractivity contribution in [3.8, 4) is 0 Å². The van der Waals surface area contributed by atoms with Crippen molar-refractivity contribution >= 4 is 26.6 Å². The number of pyridine rings is 1. The number of amides is 1. The van der Waals surface area contributed by atoms with Gasteiger partial charge in [-0.1, -0.05) is 18.2 Å². The van der Waals surface area contributed by atoms with Crippen LogP contribution in [0.2, 0.25) is 0 Å². The van der Waals surface area contributed by atoms with Crippen LogP contribution in [0.4, 0.5) is 0 Å². The maximum atomic E-state index is 13.8. The van der Waals surface area contributed by atoms with Crippen LogP contribution < -0.4 is 0 Å². The Labute approximate surface area is 171 Å². The molecule has 0 spiro atoms. The lowest BCUT2D eigenvalue weighted by atomic mass is 10.0. The zero-order chi connectivity index (χ0) is 20.0. The van der Waals surface area contributed by atoms with Crippen molar-refractivity contribution in [3.05, 3.63) is 41.6 Å². The molecule has 1 aromatic heterocycles. The zero-order valence-corrected chi connectivity index (χ0v) is 17.2. The molecule has 1 aromatic carbocycles. The van der Waals surface area contributed by atoms with E-state index in [0.29, 0.717) is 31.1 Å². The Balaban J connectivity index is 1.54. The van der Waals surface area contributed by atoms with Crippen LogP contribution >= 0.6 is 0 Å². The van der Waals surface area contributed by atoms with Crippen molar-refractivity contribution in [2.24, 2.45) is 0 Å². The van der Waals surface area contributed by atoms with Gasteiger partial charge in [0, 0.05) is 36.2 Å². The third kappa shape index (κ3) is 3.90. The highest BCUT2D eigenvalue weighted by atomic mass is 32.2. The number of carbonyl (C=O) groups excluding carboxylic acids is 1. The maximum Gasteiger partial charge on any atom is 0.254 e. The number of hydrogen-bond donors (Lipinski definition) is 0. The van der Waals surface area contributed by atoms with Crippen molar-refractivity contribution in [3.63, 3.8) is 0 Å². The third-order valence-electron chi connectivity index (χ3n) is 6.30. The Morgan fingerprint density at radius 2 is 2.00 bits per heavy atom. The SMILES string of the molecule is O=C(c1cc(C2CC2)nc2ccccc12)N(C[C@@H]1CCCO1)[C@H]1CCS(=O)(=O)C1. The molecular weight excluding hydrogens is 388 g/mol. The molecule has 3 fully saturated rings. The maximum absolute atomic E-state index is 13.8. The number of carbonyl (C=O) groups is 1. The first kappa shape index (κ1) is 19.0. The quantitative estimate of drug-likeness (QED) is 0.752. The first-order chi connectivity index (χ1) is 14.0. The van der Waals surface area contributed by atoms with Crippen LogP contribution in [0, 0.1) is 0 Å². The van der Waals surface area contributed by atoms with E-state index in [1.807, 2.05) is 30.3 Å². The molecule has 1 saturated carbocycles. The fourth-order valence-electron chi connectivity index (χ4n) is 4.54. The Morgan fingerprint density at radius 1 is 1.17 bits per heavy atom. The van der Waals surface area contributed by atoms with Gasteiger partial charge in [-0.2, -0.15) is 0 Å². The summed E-state index contributed by atoms with van der Waals surface area (Å²) in [6, 6.07) is 9.39. The molecule has 2 atom stereocenters. The van der Waals surface area contributed by atoms with Gasteiger partial charge in [-0.3, -0.25) is 9.78 Å². The average Bonchev–Trinajstić information content (AvgIpc) is 3.32. The Kier molecular flexibility index (Phi) is 4.82. The highest BCUT2D eigenvalue weighted by Crippen LogP contribution is 2.40. The van der Waals surface area contributed by atoms with Crippen molar-refractivity contribution in [1.82, 2.24) is 9.88 Å². The molecule has 1 amide bonds. The molecule has 6 nitrogen and oxygen atoms in total. The molecule has 1 aliphatic carbocycles. The summed E-state index contributed by atoms with van der Waals surface area (Å²) < 4.78 is 30.0. The number of fused-ring (bicyclic) bond motifs is 1. The fourth-order valence-corrected chi connectivity index (χ4v) is 6.27. The summed E-state index contributed by atoms with van der Waals surface area (Å²) in [5.41, 5.74) is 2.44. The summed E-state index contributed by atoms with van der Waals surface area (Å²) in [6.45, 7) is 1.16. The topological polar surface area (TPSA) is 76.6 Å². The number of nitrogens with zero attached hydrogens (tertiary/aromatic N) is 2. The number of ether oxygens (including phenoxy) is 1. The normalized spacial score (nSPS) is 26.1. The van der Waals surface area contributed by atoms with Crippen molar-refractivity contribution in [2.75, 3.05) is 24.7 Å². The molecule has 5 rings (SSSR count). The molecular formula is C22H26N2O4S. The van der Waals surface area contributed by atoms with E-state index in [4.69, 9.17) is 9.72 Å². The lowest BCUT2D eigenvalue weighted by Crippen LogP contribution is -2.45. The molecule has 3 aliphatic rings. The van der Waals surface area contributed by atoms with Gasteiger partial charge >= 0.3 is 0 Å². The second-order valence-corrected chi connectivity index (χ2v) is 10.8. The van der Waals surface area contributed by atoms with Crippen LogP contribution in [-0.2, 0) is 14.6 Å². The Morgan fingerprint density at radius 3 is 2.69 bits per heavy atom. The predicted molar refractivity (Wildman–Crippen MR) is 111 cm³/mol. The van der Waals surface area contributed by atoms with E-state index in [1.165, 1.54) is 0 Å². The second-order valence-electron chi connectivity index (χ2n) is 8.54. The van der Waals surface area contributed by atoms with Crippen LogP contribution in [0.1, 0.15) is 54.1 Å². The molecule has 0 radical (unpaired) electrons. The number of rotatable bonds is 5. The molecule has 2 aliphatic heterocycles. The number of para-hydroxylation sites is 1. The van der Waals surface area contributed by atoms with E-state index in [9.17, 15) is 13.2 Å². The summed E-state index contributed by atoms with van der Waals surface area (Å²) in [5.74, 6) is 0.536. The highest BCUT2D eigenvalue weighted by molar-refractivity contribution is 7.91. The van der Waals surface area contributed by atoms with E-state index in [1.54, 1.807) is 4.90 Å². The largest absolute Gasteiger partial charge is 0.376 e. The summed E-state index contributed by atoms with van der Waals surface area (Å²) in [7, 11) is -3.09. The van der Waals surface area contributed by atoms with Crippen molar-refractivity contribution < 1.29 is 17.9 Å². The van der Waals surface area contributed by atoms with Gasteiger partial charge in [-0.05, 0) is 44.2 Å². The monoisotopic (exact) mass is 414 g/mol. The minimum atomic E-state index is -3.09. The number of hydrogen-bond acceptors (Lipinski definition) is 5. The third-order valence-corrected chi connectivity index (χ3v) is 8.05. The second kappa shape index (κ2) is 7.36. The van der Waals surface area contributed by atoms with Gasteiger partial charge in [-0.25, -0.2) is 8.42 Å². The summed E-state index contributed by atoms with van der Waals surface area (Å²) in [4.78, 5) is 20.3. The highest BCUT2D eigenvalue weighted by Gasteiger charge is 2.37. The summed E-state index contributed by atoms with van der Waals surface area (Å²) >= 11 is 0. The number of aromatic nitrogens is 1. The molecule has 0 unspecified atom stereocenters. The molecule has 2 aromatic rings. The van der Waals surface area contributed by atoms with Crippen molar-refractivity contribution in [2.45, 2.75) is 50.2 Å². The van der Waals surface area contributed by atoms with Gasteiger partial charge in [-0.15, -0.1) is 0 Å². The predicted octanol–water partition coefficient (Wildman–Crippen LogP) is 2.92. The molecule has 7 heteroatoms. The van der Waals surface area contributed by atoms with Gasteiger partial charge in [0.05, 0.1) is 28.7 Å². The van der Waals surface area contributed by atoms with Gasteiger partial charge in [0.25, 0.3) is 5.91 Å². The van der Waals surface area contributed by atoms with Crippen LogP contribution in [0.15, 0.2) is 30.3 Å². The Bertz CT molecular complexity index is 1040. The molecule has 0 N–H and O–H groups in total. The van der Waals surface area contributed by atoms with E-state index in [0.717, 1.165) is 42.3 Å². The standard InChI is InChI=1S/C22H26N2O4S/c25-22(19-12-21(15-7-8-15)23-20-6-2-1-5-18(19)20)24(13-17-4-3-10-28-17)16-9-11-29(26,27)14-16/h1-2,5-6,12,15-17H,3-4,7-11,13-14H2/t16-,17-/m0/s1. The van der Waals surface area contributed by atoms with E-state index in [-0.39, 0.29) is 29.6 Å². The van der Waals surface area contributed by atoms with Gasteiger partial charge < -0.3 is 9.64 Å². The fraction of sp³-hybridized carbons (Fsp3) is 0.545. The van der Waals surface area contributed by atoms with E-state index in [2.05, 4.69) is 0 Å². The first-order valence-electron chi connectivity index (χ1n) is 10.5. The van der Waals surface area contributed by atoms with Crippen LogP contribution in [0.25, 0.3) is 10.9 Å². The van der Waals surface area contributed by atoms with Gasteiger partial charge in [0.1, 0.15) is 0 Å². The van der Waals surface area contributed by atoms with Crippen molar-refractivity contribution in [1.29, 1.82) is 0 Å². The number of sulfone groups is 1.